The van der Waals surface area contributed by atoms with E-state index in [1.54, 1.807) is 29.4 Å². The Morgan fingerprint density at radius 3 is 2.62 bits per heavy atom. The number of carbonyl (C=O) groups excluding carboxylic acids is 3. The number of carbonyl (C=O) groups is 3. The molecule has 2 aliphatic rings. The molecule has 4 rings (SSSR count). The molecule has 1 unspecified atom stereocenters. The van der Waals surface area contributed by atoms with Crippen LogP contribution in [0.4, 0.5) is 0 Å². The lowest BCUT2D eigenvalue weighted by atomic mass is 9.95. The Morgan fingerprint density at radius 1 is 1.18 bits per heavy atom. The third-order valence-electron chi connectivity index (χ3n) is 6.57. The van der Waals surface area contributed by atoms with Crippen molar-refractivity contribution >= 4 is 29.1 Å². The number of thiophene rings is 1. The highest BCUT2D eigenvalue weighted by molar-refractivity contribution is 7.10. The van der Waals surface area contributed by atoms with Crippen LogP contribution in [0.5, 0.6) is 0 Å². The van der Waals surface area contributed by atoms with Crippen LogP contribution in [0.25, 0.3) is 0 Å². The van der Waals surface area contributed by atoms with Crippen LogP contribution in [0.1, 0.15) is 33.6 Å². The molecule has 1 aromatic heterocycles. The van der Waals surface area contributed by atoms with Gasteiger partial charge in [-0.15, -0.1) is 11.3 Å². The molecule has 0 aliphatic carbocycles. The predicted molar refractivity (Wildman–Crippen MR) is 129 cm³/mol. The standard InChI is InChI=1S/C25H31N3O5S/c1-18-6-3-4-8-20(18)24(31)28-21(23(30)26-11-14-32-2)17-33-25(28)9-12-27(13-10-25)22(29)16-19-7-5-15-34-19/h3-8,15,21H,9-14,16-17H2,1-2H3,(H,26,30). The fourth-order valence-corrected chi connectivity index (χ4v) is 5.38. The van der Waals surface area contributed by atoms with Crippen LogP contribution in [0.3, 0.4) is 0 Å². The molecule has 1 spiro atoms. The second kappa shape index (κ2) is 10.7. The van der Waals surface area contributed by atoms with Crippen molar-refractivity contribution in [1.82, 2.24) is 15.1 Å². The number of hydrogen-bond acceptors (Lipinski definition) is 6. The minimum Gasteiger partial charge on any atom is -0.383 e. The highest BCUT2D eigenvalue weighted by Crippen LogP contribution is 2.39. The number of nitrogens with one attached hydrogen (secondary N) is 1. The summed E-state index contributed by atoms with van der Waals surface area (Å²) >= 11 is 1.57. The summed E-state index contributed by atoms with van der Waals surface area (Å²) in [6.07, 6.45) is 1.30. The van der Waals surface area contributed by atoms with Crippen LogP contribution in [0.15, 0.2) is 41.8 Å². The first kappa shape index (κ1) is 24.4. The Bertz CT molecular complexity index is 1020. The van der Waals surface area contributed by atoms with Gasteiger partial charge in [-0.1, -0.05) is 24.3 Å². The molecule has 2 saturated heterocycles. The normalized spacial score (nSPS) is 19.4. The van der Waals surface area contributed by atoms with Crippen LogP contribution >= 0.6 is 11.3 Å². The fraction of sp³-hybridized carbons (Fsp3) is 0.480. The largest absolute Gasteiger partial charge is 0.383 e. The Kier molecular flexibility index (Phi) is 7.65. The second-order valence-corrected chi connectivity index (χ2v) is 9.72. The van der Waals surface area contributed by atoms with E-state index in [9.17, 15) is 14.4 Å². The smallest absolute Gasteiger partial charge is 0.257 e. The molecule has 1 aromatic carbocycles. The third kappa shape index (κ3) is 5.01. The van der Waals surface area contributed by atoms with Gasteiger partial charge in [0.1, 0.15) is 11.8 Å². The summed E-state index contributed by atoms with van der Waals surface area (Å²) in [5.41, 5.74) is 0.484. The van der Waals surface area contributed by atoms with Gasteiger partial charge in [-0.05, 0) is 30.0 Å². The predicted octanol–water partition coefficient (Wildman–Crippen LogP) is 2.22. The zero-order valence-electron chi connectivity index (χ0n) is 19.6. The molecule has 1 N–H and O–H groups in total. The van der Waals surface area contributed by atoms with Crippen LogP contribution < -0.4 is 5.32 Å². The number of benzene rings is 1. The minimum absolute atomic E-state index is 0.0703. The highest BCUT2D eigenvalue weighted by Gasteiger charge is 2.54. The van der Waals surface area contributed by atoms with Crippen molar-refractivity contribution < 1.29 is 23.9 Å². The highest BCUT2D eigenvalue weighted by atomic mass is 32.1. The van der Waals surface area contributed by atoms with Crippen molar-refractivity contribution in [3.8, 4) is 0 Å². The number of rotatable bonds is 7. The lowest BCUT2D eigenvalue weighted by Crippen LogP contribution is -2.60. The summed E-state index contributed by atoms with van der Waals surface area (Å²) in [6.45, 7) is 3.70. The molecule has 34 heavy (non-hydrogen) atoms. The average Bonchev–Trinajstić information content (AvgIpc) is 3.48. The monoisotopic (exact) mass is 485 g/mol. The second-order valence-electron chi connectivity index (χ2n) is 8.68. The maximum atomic E-state index is 13.8. The number of nitrogens with zero attached hydrogens (tertiary/aromatic N) is 2. The van der Waals surface area contributed by atoms with Gasteiger partial charge in [0, 0.05) is 50.0 Å². The SMILES string of the molecule is COCCNC(=O)C1COC2(CCN(C(=O)Cc3cccs3)CC2)N1C(=O)c1ccccc1C. The Hall–Kier alpha value is -2.75. The summed E-state index contributed by atoms with van der Waals surface area (Å²) < 4.78 is 11.3. The fourth-order valence-electron chi connectivity index (χ4n) is 4.68. The number of aryl methyl sites for hydroxylation is 1. The molecule has 2 aliphatic heterocycles. The van der Waals surface area contributed by atoms with Crippen LogP contribution in [0.2, 0.25) is 0 Å². The maximum absolute atomic E-state index is 13.8. The average molecular weight is 486 g/mol. The van der Waals surface area contributed by atoms with Gasteiger partial charge in [0.15, 0.2) is 0 Å². The number of hydrogen-bond donors (Lipinski definition) is 1. The number of piperidine rings is 1. The van der Waals surface area contributed by atoms with E-state index in [4.69, 9.17) is 9.47 Å². The third-order valence-corrected chi connectivity index (χ3v) is 7.44. The molecule has 182 valence electrons. The molecule has 0 saturated carbocycles. The molecule has 0 bridgehead atoms. The number of methoxy groups -OCH3 is 1. The first-order valence-electron chi connectivity index (χ1n) is 11.6. The van der Waals surface area contributed by atoms with Gasteiger partial charge < -0.3 is 19.7 Å². The van der Waals surface area contributed by atoms with E-state index in [0.29, 0.717) is 51.1 Å². The van der Waals surface area contributed by atoms with Gasteiger partial charge in [0.05, 0.1) is 19.6 Å². The van der Waals surface area contributed by atoms with Gasteiger partial charge in [0.25, 0.3) is 5.91 Å². The minimum atomic E-state index is -0.914. The van der Waals surface area contributed by atoms with Gasteiger partial charge in [-0.25, -0.2) is 0 Å². The molecule has 8 nitrogen and oxygen atoms in total. The van der Waals surface area contributed by atoms with Crippen LogP contribution in [-0.2, 0) is 25.5 Å². The molecule has 1 atom stereocenters. The summed E-state index contributed by atoms with van der Waals surface area (Å²) in [4.78, 5) is 44.1. The molecule has 9 heteroatoms. The van der Waals surface area contributed by atoms with Crippen molar-refractivity contribution in [2.45, 2.75) is 38.0 Å². The summed E-state index contributed by atoms with van der Waals surface area (Å²) in [5, 5.41) is 4.81. The molecule has 0 radical (unpaired) electrons. The van der Waals surface area contributed by atoms with E-state index in [0.717, 1.165) is 10.4 Å². The van der Waals surface area contributed by atoms with E-state index >= 15 is 0 Å². The summed E-state index contributed by atoms with van der Waals surface area (Å²) in [6, 6.07) is 10.5. The summed E-state index contributed by atoms with van der Waals surface area (Å²) in [5.74, 6) is -0.408. The van der Waals surface area contributed by atoms with Crippen molar-refractivity contribution in [3.05, 3.63) is 57.8 Å². The van der Waals surface area contributed by atoms with Gasteiger partial charge in [-0.2, -0.15) is 0 Å². The van der Waals surface area contributed by atoms with E-state index in [-0.39, 0.29) is 24.3 Å². The first-order chi connectivity index (χ1) is 16.4. The van der Waals surface area contributed by atoms with E-state index in [2.05, 4.69) is 5.32 Å². The first-order valence-corrected chi connectivity index (χ1v) is 12.4. The molecule has 2 fully saturated rings. The zero-order chi connectivity index (χ0) is 24.1. The van der Waals surface area contributed by atoms with Crippen molar-refractivity contribution in [3.63, 3.8) is 0 Å². The molecular weight excluding hydrogens is 454 g/mol. The van der Waals surface area contributed by atoms with Crippen molar-refractivity contribution in [1.29, 1.82) is 0 Å². The van der Waals surface area contributed by atoms with Crippen LogP contribution in [0, 0.1) is 6.92 Å². The molecule has 3 amide bonds. The van der Waals surface area contributed by atoms with Gasteiger partial charge in [-0.3, -0.25) is 19.3 Å². The molecular formula is C25H31N3O5S. The Balaban J connectivity index is 1.53. The van der Waals surface area contributed by atoms with Crippen molar-refractivity contribution in [2.75, 3.05) is 40.0 Å². The van der Waals surface area contributed by atoms with Crippen molar-refractivity contribution in [2.24, 2.45) is 0 Å². The quantitative estimate of drug-likeness (QED) is 0.608. The van der Waals surface area contributed by atoms with E-state index < -0.39 is 11.8 Å². The zero-order valence-corrected chi connectivity index (χ0v) is 20.4. The molecule has 2 aromatic rings. The van der Waals surface area contributed by atoms with Gasteiger partial charge in [0.2, 0.25) is 11.8 Å². The van der Waals surface area contributed by atoms with E-state index in [1.807, 2.05) is 47.5 Å². The lowest BCUT2D eigenvalue weighted by Gasteiger charge is -2.44. The van der Waals surface area contributed by atoms with Crippen LogP contribution in [-0.4, -0.2) is 79.2 Å². The number of amides is 3. The van der Waals surface area contributed by atoms with E-state index in [1.165, 1.54) is 0 Å². The summed E-state index contributed by atoms with van der Waals surface area (Å²) in [7, 11) is 1.57. The molecule has 3 heterocycles. The number of ether oxygens (including phenoxy) is 2. The number of likely N-dealkylation sites (tertiary alicyclic amines) is 1. The lowest BCUT2D eigenvalue weighted by molar-refractivity contribution is -0.143. The topological polar surface area (TPSA) is 88.2 Å². The maximum Gasteiger partial charge on any atom is 0.257 e. The Labute approximate surface area is 203 Å². The Morgan fingerprint density at radius 2 is 1.94 bits per heavy atom. The van der Waals surface area contributed by atoms with Gasteiger partial charge >= 0.3 is 0 Å².